The highest BCUT2D eigenvalue weighted by molar-refractivity contribution is 7.89. The summed E-state index contributed by atoms with van der Waals surface area (Å²) in [6.07, 6.45) is 3.23. The molecule has 1 amide bonds. The van der Waals surface area contributed by atoms with Gasteiger partial charge in [-0.15, -0.1) is 0 Å². The Morgan fingerprint density at radius 2 is 1.81 bits per heavy atom. The van der Waals surface area contributed by atoms with Crippen molar-refractivity contribution in [3.05, 3.63) is 53.9 Å². The minimum absolute atomic E-state index is 0.0858. The van der Waals surface area contributed by atoms with Gasteiger partial charge in [0.1, 0.15) is 11.5 Å². The highest BCUT2D eigenvalue weighted by Gasteiger charge is 2.26. The van der Waals surface area contributed by atoms with Gasteiger partial charge in [0.2, 0.25) is 27.6 Å². The van der Waals surface area contributed by atoms with Crippen molar-refractivity contribution in [3.8, 4) is 22.9 Å². The smallest absolute Gasteiger partial charge is 0.246 e. The molecule has 1 fully saturated rings. The van der Waals surface area contributed by atoms with Gasteiger partial charge in [0.15, 0.2) is 0 Å². The molecule has 1 aromatic heterocycles. The van der Waals surface area contributed by atoms with Crippen molar-refractivity contribution < 1.29 is 27.2 Å². The first-order valence-corrected chi connectivity index (χ1v) is 13.3. The molecule has 0 spiro atoms. The van der Waals surface area contributed by atoms with Gasteiger partial charge in [-0.05, 0) is 67.3 Å². The predicted octanol–water partition coefficient (Wildman–Crippen LogP) is 3.18. The minimum atomic E-state index is -3.58. The van der Waals surface area contributed by atoms with E-state index in [1.807, 2.05) is 12.1 Å². The molecule has 3 aromatic rings. The van der Waals surface area contributed by atoms with Crippen molar-refractivity contribution >= 4 is 15.9 Å². The molecule has 1 aliphatic heterocycles. The van der Waals surface area contributed by atoms with Crippen molar-refractivity contribution in [1.82, 2.24) is 19.8 Å². The molecule has 0 saturated carbocycles. The summed E-state index contributed by atoms with van der Waals surface area (Å²) in [6.45, 7) is 1.15. The van der Waals surface area contributed by atoms with Crippen LogP contribution >= 0.6 is 0 Å². The van der Waals surface area contributed by atoms with E-state index in [1.54, 1.807) is 37.4 Å². The summed E-state index contributed by atoms with van der Waals surface area (Å²) in [7, 11) is -0.463. The van der Waals surface area contributed by atoms with Gasteiger partial charge in [0.25, 0.3) is 0 Å². The lowest BCUT2D eigenvalue weighted by Crippen LogP contribution is -2.35. The number of hydrogen-bond donors (Lipinski definition) is 1. The Balaban J connectivity index is 1.35. The highest BCUT2D eigenvalue weighted by Crippen LogP contribution is 2.27. The normalized spacial score (nSPS) is 14.4. The third-order valence-electron chi connectivity index (χ3n) is 6.08. The fraction of sp³-hybridized carbons (Fsp3) is 0.400. The van der Waals surface area contributed by atoms with Crippen LogP contribution in [0.1, 0.15) is 37.1 Å². The lowest BCUT2D eigenvalue weighted by Gasteiger charge is -2.26. The number of nitrogens with zero attached hydrogens (tertiary/aromatic N) is 3. The van der Waals surface area contributed by atoms with Crippen molar-refractivity contribution in [2.75, 3.05) is 27.3 Å². The molecule has 10 nitrogen and oxygen atoms in total. The average molecular weight is 515 g/mol. The van der Waals surface area contributed by atoms with Crippen molar-refractivity contribution in [1.29, 1.82) is 0 Å². The Hall–Kier alpha value is -3.44. The van der Waals surface area contributed by atoms with E-state index >= 15 is 0 Å². The summed E-state index contributed by atoms with van der Waals surface area (Å²) >= 11 is 0. The maximum absolute atomic E-state index is 13.0. The van der Waals surface area contributed by atoms with Crippen LogP contribution in [-0.2, 0) is 27.8 Å². The largest absolute Gasteiger partial charge is 0.497 e. The number of aromatic nitrogens is 2. The van der Waals surface area contributed by atoms with Crippen LogP contribution in [0.15, 0.2) is 51.9 Å². The first kappa shape index (κ1) is 25.6. The molecule has 192 valence electrons. The van der Waals surface area contributed by atoms with Crippen LogP contribution in [0, 0.1) is 0 Å². The van der Waals surface area contributed by atoms with Gasteiger partial charge in [0.05, 0.1) is 25.7 Å². The summed E-state index contributed by atoms with van der Waals surface area (Å²) in [5.41, 5.74) is 1.42. The fourth-order valence-corrected chi connectivity index (χ4v) is 5.63. The number of hydrogen-bond acceptors (Lipinski definition) is 8. The first-order chi connectivity index (χ1) is 17.4. The number of nitrogens with one attached hydrogen (secondary N) is 1. The highest BCUT2D eigenvalue weighted by atomic mass is 32.2. The second kappa shape index (κ2) is 11.5. The maximum Gasteiger partial charge on any atom is 0.246 e. The minimum Gasteiger partial charge on any atom is -0.497 e. The predicted molar refractivity (Wildman–Crippen MR) is 132 cm³/mol. The summed E-state index contributed by atoms with van der Waals surface area (Å²) in [5, 5.41) is 6.72. The second-order valence-corrected chi connectivity index (χ2v) is 10.4. The molecule has 0 atom stereocenters. The van der Waals surface area contributed by atoms with Gasteiger partial charge in [0, 0.05) is 25.1 Å². The van der Waals surface area contributed by atoms with Gasteiger partial charge in [-0.3, -0.25) is 4.79 Å². The number of aryl methyl sites for hydroxylation is 1. The van der Waals surface area contributed by atoms with E-state index in [9.17, 15) is 13.2 Å². The van der Waals surface area contributed by atoms with E-state index in [4.69, 9.17) is 14.0 Å². The standard InChI is InChI=1S/C25H30N4O6S/c1-33-20-9-6-18(7-10-20)25-27-24(35-28-25)17-26-23(30)13-8-19-16-21(11-12-22(19)34-2)36(31,32)29-14-4-3-5-15-29/h6-7,9-12,16H,3-5,8,13-15,17H2,1-2H3,(H,26,30). The Morgan fingerprint density at radius 3 is 2.50 bits per heavy atom. The third-order valence-corrected chi connectivity index (χ3v) is 7.97. The van der Waals surface area contributed by atoms with Gasteiger partial charge >= 0.3 is 0 Å². The molecule has 4 rings (SSSR count). The zero-order valence-electron chi connectivity index (χ0n) is 20.4. The molecule has 0 aliphatic carbocycles. The summed E-state index contributed by atoms with van der Waals surface area (Å²) < 4.78 is 43.4. The van der Waals surface area contributed by atoms with Crippen LogP contribution in [-0.4, -0.2) is 56.1 Å². The van der Waals surface area contributed by atoms with Crippen molar-refractivity contribution in [2.24, 2.45) is 0 Å². The molecular weight excluding hydrogens is 484 g/mol. The number of sulfonamides is 1. The van der Waals surface area contributed by atoms with Crippen molar-refractivity contribution in [3.63, 3.8) is 0 Å². The van der Waals surface area contributed by atoms with E-state index in [0.717, 1.165) is 30.6 Å². The molecule has 0 radical (unpaired) electrons. The SMILES string of the molecule is COc1ccc(-c2noc(CNC(=O)CCc3cc(S(=O)(=O)N4CCCCC4)ccc3OC)n2)cc1. The molecule has 2 heterocycles. The van der Waals surface area contributed by atoms with Gasteiger partial charge in [-0.25, -0.2) is 8.42 Å². The van der Waals surface area contributed by atoms with Crippen molar-refractivity contribution in [2.45, 2.75) is 43.5 Å². The fourth-order valence-electron chi connectivity index (χ4n) is 4.06. The summed E-state index contributed by atoms with van der Waals surface area (Å²) in [5.74, 6) is 1.73. The Bertz CT molecular complexity index is 1280. The van der Waals surface area contributed by atoms with Gasteiger partial charge < -0.3 is 19.3 Å². The number of carbonyl (C=O) groups excluding carboxylic acids is 1. The van der Waals surface area contributed by atoms with Crippen LogP contribution in [0.3, 0.4) is 0 Å². The first-order valence-electron chi connectivity index (χ1n) is 11.8. The zero-order valence-corrected chi connectivity index (χ0v) is 21.2. The average Bonchev–Trinajstić information content (AvgIpc) is 3.40. The summed E-state index contributed by atoms with van der Waals surface area (Å²) in [4.78, 5) is 17.0. The summed E-state index contributed by atoms with van der Waals surface area (Å²) in [6, 6.07) is 12.0. The Morgan fingerprint density at radius 1 is 1.06 bits per heavy atom. The van der Waals surface area contributed by atoms with Crippen LogP contribution in [0.4, 0.5) is 0 Å². The van der Waals surface area contributed by atoms with E-state index < -0.39 is 10.0 Å². The van der Waals surface area contributed by atoms with E-state index in [0.29, 0.717) is 36.6 Å². The molecule has 0 bridgehead atoms. The van der Waals surface area contributed by atoms with E-state index in [2.05, 4.69) is 15.5 Å². The molecule has 1 saturated heterocycles. The number of carbonyl (C=O) groups is 1. The Kier molecular flexibility index (Phi) is 8.21. The zero-order chi connectivity index (χ0) is 25.5. The third kappa shape index (κ3) is 6.03. The Labute approximate surface area is 210 Å². The molecule has 2 aromatic carbocycles. The number of methoxy groups -OCH3 is 2. The number of benzene rings is 2. The number of rotatable bonds is 10. The van der Waals surface area contributed by atoms with Gasteiger partial charge in [-0.2, -0.15) is 9.29 Å². The van der Waals surface area contributed by atoms with Crippen LogP contribution in [0.5, 0.6) is 11.5 Å². The van der Waals surface area contributed by atoms with Crippen LogP contribution in [0.2, 0.25) is 0 Å². The number of amides is 1. The van der Waals surface area contributed by atoms with E-state index in [-0.39, 0.29) is 29.7 Å². The maximum atomic E-state index is 13.0. The molecule has 11 heteroatoms. The molecule has 0 unspecified atom stereocenters. The molecule has 1 aliphatic rings. The number of ether oxygens (including phenoxy) is 2. The topological polar surface area (TPSA) is 124 Å². The van der Waals surface area contributed by atoms with Crippen LogP contribution in [0.25, 0.3) is 11.4 Å². The lowest BCUT2D eigenvalue weighted by molar-refractivity contribution is -0.121. The van der Waals surface area contributed by atoms with E-state index in [1.165, 1.54) is 11.4 Å². The second-order valence-electron chi connectivity index (χ2n) is 8.46. The quantitative estimate of drug-likeness (QED) is 0.438. The van der Waals surface area contributed by atoms with Crippen LogP contribution < -0.4 is 14.8 Å². The van der Waals surface area contributed by atoms with Gasteiger partial charge in [-0.1, -0.05) is 11.6 Å². The number of piperidine rings is 1. The molecular formula is C25H30N4O6S. The molecule has 1 N–H and O–H groups in total. The molecule has 36 heavy (non-hydrogen) atoms. The lowest BCUT2D eigenvalue weighted by atomic mass is 10.1. The monoisotopic (exact) mass is 514 g/mol.